The minimum absolute atomic E-state index is 0.00822. The molecule has 1 amide bonds. The summed E-state index contributed by atoms with van der Waals surface area (Å²) in [5.41, 5.74) is -0.579. The molecule has 0 N–H and O–H groups in total. The Labute approximate surface area is 283 Å². The maximum Gasteiger partial charge on any atom is 0.235 e. The molecule has 0 bridgehead atoms. The van der Waals surface area contributed by atoms with Crippen molar-refractivity contribution in [3.8, 4) is 0 Å². The molecule has 1 saturated heterocycles. The monoisotopic (exact) mass is 700 g/mol. The third-order valence-corrected chi connectivity index (χ3v) is 11.9. The lowest BCUT2D eigenvalue weighted by Crippen LogP contribution is -2.47. The standard InChI is InChI=1S/C35H35Cl2FN2O6S/c1-2-8-23(32(43)29(41)14-13-22-9-4-3-5-10-22)17-30(42)28-19-25(47(45,46)31-12-7-6-11-26(31)37)21-40(28)34(44)35(15-16-35)33-27(38)18-24(36)20-39-33/h3-7,9-12,18,20,23,25,28H,2,8,13-17,19,21H2,1H3/t23-,25-,28+/m1/s1. The van der Waals surface area contributed by atoms with Gasteiger partial charge < -0.3 is 4.90 Å². The van der Waals surface area contributed by atoms with E-state index in [1.165, 1.54) is 29.3 Å². The van der Waals surface area contributed by atoms with Crippen LogP contribution in [0.15, 0.2) is 71.8 Å². The molecule has 1 saturated carbocycles. The minimum atomic E-state index is -4.11. The molecule has 12 heteroatoms. The number of ketones is 3. The molecule has 0 spiro atoms. The lowest BCUT2D eigenvalue weighted by atomic mass is 9.87. The van der Waals surface area contributed by atoms with Gasteiger partial charge in [-0.3, -0.25) is 24.2 Å². The van der Waals surface area contributed by atoms with E-state index in [0.29, 0.717) is 12.8 Å². The molecule has 2 aromatic carbocycles. The van der Waals surface area contributed by atoms with E-state index in [2.05, 4.69) is 4.98 Å². The van der Waals surface area contributed by atoms with Gasteiger partial charge in [0.25, 0.3) is 0 Å². The summed E-state index contributed by atoms with van der Waals surface area (Å²) in [5.74, 6) is -4.07. The normalized spacial score (nSPS) is 19.3. The summed E-state index contributed by atoms with van der Waals surface area (Å²) < 4.78 is 42.7. The van der Waals surface area contributed by atoms with Gasteiger partial charge in [-0.1, -0.05) is 79.0 Å². The number of nitrogens with zero attached hydrogens (tertiary/aromatic N) is 2. The van der Waals surface area contributed by atoms with Crippen molar-refractivity contribution in [3.63, 3.8) is 0 Å². The number of sulfone groups is 1. The van der Waals surface area contributed by atoms with Gasteiger partial charge in [-0.05, 0) is 55.9 Å². The molecule has 248 valence electrons. The summed E-state index contributed by atoms with van der Waals surface area (Å²) in [6, 6.07) is 15.0. The molecule has 0 unspecified atom stereocenters. The Hall–Kier alpha value is -3.47. The number of aryl methyl sites for hydroxylation is 1. The van der Waals surface area contributed by atoms with Crippen LogP contribution in [-0.4, -0.2) is 59.4 Å². The first-order valence-electron chi connectivity index (χ1n) is 15.6. The van der Waals surface area contributed by atoms with Crippen LogP contribution >= 0.6 is 23.2 Å². The Morgan fingerprint density at radius 3 is 2.36 bits per heavy atom. The van der Waals surface area contributed by atoms with Crippen molar-refractivity contribution >= 4 is 56.3 Å². The average molecular weight is 702 g/mol. The van der Waals surface area contributed by atoms with Crippen molar-refractivity contribution in [2.45, 2.75) is 79.9 Å². The van der Waals surface area contributed by atoms with E-state index in [0.717, 1.165) is 11.6 Å². The maximum atomic E-state index is 15.0. The molecule has 2 aliphatic rings. The van der Waals surface area contributed by atoms with Gasteiger partial charge in [0.05, 0.1) is 37.3 Å². The largest absolute Gasteiger partial charge is 0.330 e. The number of amides is 1. The Balaban J connectivity index is 1.42. The predicted octanol–water partition coefficient (Wildman–Crippen LogP) is 6.15. The van der Waals surface area contributed by atoms with Crippen molar-refractivity contribution in [2.24, 2.45) is 5.92 Å². The van der Waals surface area contributed by atoms with E-state index in [-0.39, 0.29) is 65.7 Å². The van der Waals surface area contributed by atoms with E-state index in [1.54, 1.807) is 6.07 Å². The number of rotatable bonds is 14. The fraction of sp³-hybridized carbons (Fsp3) is 0.400. The van der Waals surface area contributed by atoms with Crippen molar-refractivity contribution < 1.29 is 32.0 Å². The summed E-state index contributed by atoms with van der Waals surface area (Å²) >= 11 is 12.2. The van der Waals surface area contributed by atoms with Gasteiger partial charge in [-0.2, -0.15) is 0 Å². The Bertz CT molecular complexity index is 1800. The molecule has 5 rings (SSSR count). The molecule has 0 radical (unpaired) electrons. The Morgan fingerprint density at radius 2 is 1.72 bits per heavy atom. The number of aromatic nitrogens is 1. The third kappa shape index (κ3) is 7.34. The highest BCUT2D eigenvalue weighted by Gasteiger charge is 2.59. The van der Waals surface area contributed by atoms with Crippen LogP contribution in [0.2, 0.25) is 10.0 Å². The van der Waals surface area contributed by atoms with Crippen molar-refractivity contribution in [1.82, 2.24) is 9.88 Å². The highest BCUT2D eigenvalue weighted by molar-refractivity contribution is 7.92. The molecular weight excluding hydrogens is 666 g/mol. The second-order valence-corrected chi connectivity index (χ2v) is 15.3. The van der Waals surface area contributed by atoms with Gasteiger partial charge in [0.2, 0.25) is 11.7 Å². The molecule has 3 atom stereocenters. The number of benzene rings is 2. The highest BCUT2D eigenvalue weighted by atomic mass is 35.5. The van der Waals surface area contributed by atoms with Gasteiger partial charge in [0.15, 0.2) is 21.4 Å². The maximum absolute atomic E-state index is 15.0. The van der Waals surface area contributed by atoms with Crippen molar-refractivity contribution in [1.29, 1.82) is 0 Å². The summed E-state index contributed by atoms with van der Waals surface area (Å²) in [5, 5.41) is -1.12. The molecule has 2 fully saturated rings. The second kappa shape index (κ2) is 14.3. The number of pyridine rings is 1. The van der Waals surface area contributed by atoms with Crippen molar-refractivity contribution in [3.05, 3.63) is 94.0 Å². The second-order valence-electron chi connectivity index (χ2n) is 12.3. The summed E-state index contributed by atoms with van der Waals surface area (Å²) in [6.07, 6.45) is 2.34. The first-order valence-corrected chi connectivity index (χ1v) is 17.9. The SMILES string of the molecule is CCC[C@H](CC(=O)[C@@H]1C[C@@H](S(=O)(=O)c2ccccc2Cl)CN1C(=O)C1(c2ncc(Cl)cc2F)CC1)C(=O)C(=O)CCc1ccccc1. The average Bonchev–Trinajstić information content (AvgIpc) is 3.72. The molecule has 1 aromatic heterocycles. The topological polar surface area (TPSA) is 119 Å². The lowest BCUT2D eigenvalue weighted by molar-refractivity contribution is -0.142. The quantitative estimate of drug-likeness (QED) is 0.185. The molecule has 2 heterocycles. The van der Waals surface area contributed by atoms with E-state index in [4.69, 9.17) is 23.2 Å². The van der Waals surface area contributed by atoms with E-state index < -0.39 is 61.5 Å². The van der Waals surface area contributed by atoms with Crippen LogP contribution in [0.5, 0.6) is 0 Å². The number of likely N-dealkylation sites (tertiary alicyclic amines) is 1. The summed E-state index contributed by atoms with van der Waals surface area (Å²) in [4.78, 5) is 59.7. The summed E-state index contributed by atoms with van der Waals surface area (Å²) in [7, 11) is -4.11. The zero-order valence-corrected chi connectivity index (χ0v) is 28.2. The predicted molar refractivity (Wildman–Crippen MR) is 175 cm³/mol. The molecule has 47 heavy (non-hydrogen) atoms. The van der Waals surface area contributed by atoms with Crippen molar-refractivity contribution in [2.75, 3.05) is 6.54 Å². The first kappa shape index (κ1) is 34.9. The van der Waals surface area contributed by atoms with E-state index in [9.17, 15) is 27.6 Å². The summed E-state index contributed by atoms with van der Waals surface area (Å²) in [6.45, 7) is 1.50. The van der Waals surface area contributed by atoms with Gasteiger partial charge in [-0.15, -0.1) is 0 Å². The van der Waals surface area contributed by atoms with Crippen LogP contribution in [-0.2, 0) is 40.9 Å². The van der Waals surface area contributed by atoms with Crippen LogP contribution in [0.4, 0.5) is 4.39 Å². The number of hydrogen-bond donors (Lipinski definition) is 0. The number of carbonyl (C=O) groups excluding carboxylic acids is 4. The van der Waals surface area contributed by atoms with E-state index in [1.807, 2.05) is 37.3 Å². The Kier molecular flexibility index (Phi) is 10.6. The minimum Gasteiger partial charge on any atom is -0.330 e. The van der Waals surface area contributed by atoms with Crippen LogP contribution in [0.3, 0.4) is 0 Å². The number of Topliss-reactive ketones (excluding diaryl/α,β-unsaturated/α-hetero) is 3. The van der Waals surface area contributed by atoms with Crippen LogP contribution in [0, 0.1) is 11.7 Å². The zero-order valence-electron chi connectivity index (χ0n) is 25.8. The van der Waals surface area contributed by atoms with E-state index >= 15 is 4.39 Å². The molecule has 8 nitrogen and oxygen atoms in total. The zero-order chi connectivity index (χ0) is 33.9. The third-order valence-electron chi connectivity index (χ3n) is 9.11. The number of halogens is 3. The van der Waals surface area contributed by atoms with Gasteiger partial charge in [-0.25, -0.2) is 12.8 Å². The van der Waals surface area contributed by atoms with Crippen LogP contribution in [0.25, 0.3) is 0 Å². The Morgan fingerprint density at radius 1 is 1.04 bits per heavy atom. The molecule has 1 aliphatic heterocycles. The molecule has 3 aromatic rings. The van der Waals surface area contributed by atoms with Crippen LogP contribution in [0.1, 0.15) is 63.1 Å². The van der Waals surface area contributed by atoms with Gasteiger partial charge >= 0.3 is 0 Å². The number of hydrogen-bond acceptors (Lipinski definition) is 7. The van der Waals surface area contributed by atoms with Gasteiger partial charge in [0, 0.05) is 31.5 Å². The molecular formula is C35H35Cl2FN2O6S. The smallest absolute Gasteiger partial charge is 0.235 e. The van der Waals surface area contributed by atoms with Gasteiger partial charge in [0.1, 0.15) is 5.82 Å². The first-order chi connectivity index (χ1) is 22.4. The highest BCUT2D eigenvalue weighted by Crippen LogP contribution is 2.51. The molecule has 1 aliphatic carbocycles. The fourth-order valence-electron chi connectivity index (χ4n) is 6.43. The number of carbonyl (C=O) groups is 4. The lowest BCUT2D eigenvalue weighted by Gasteiger charge is -2.29. The fourth-order valence-corrected chi connectivity index (χ4v) is 8.79. The van der Waals surface area contributed by atoms with Crippen LogP contribution < -0.4 is 0 Å².